The predicted octanol–water partition coefficient (Wildman–Crippen LogP) is 2.79. The van der Waals surface area contributed by atoms with Crippen molar-refractivity contribution < 1.29 is 4.74 Å². The highest BCUT2D eigenvalue weighted by Crippen LogP contribution is 2.24. The van der Waals surface area contributed by atoms with Crippen molar-refractivity contribution >= 4 is 11.8 Å². The summed E-state index contributed by atoms with van der Waals surface area (Å²) in [6.45, 7) is 5.07. The fraction of sp³-hybridized carbons (Fsp3) is 0.571. The highest BCUT2D eigenvalue weighted by atomic mass is 32.2. The van der Waals surface area contributed by atoms with E-state index >= 15 is 0 Å². The van der Waals surface area contributed by atoms with Crippen LogP contribution in [0.25, 0.3) is 0 Å². The molecule has 1 fully saturated rings. The minimum atomic E-state index is 0.577. The Kier molecular flexibility index (Phi) is 5.36. The van der Waals surface area contributed by atoms with Crippen LogP contribution in [0.5, 0.6) is 0 Å². The van der Waals surface area contributed by atoms with Crippen molar-refractivity contribution in [1.29, 1.82) is 0 Å². The van der Waals surface area contributed by atoms with Gasteiger partial charge in [-0.1, -0.05) is 25.1 Å². The molecule has 1 saturated heterocycles. The maximum absolute atomic E-state index is 5.49. The summed E-state index contributed by atoms with van der Waals surface area (Å²) in [5.74, 6) is 1.82. The summed E-state index contributed by atoms with van der Waals surface area (Å²) < 4.78 is 5.49. The van der Waals surface area contributed by atoms with Crippen molar-refractivity contribution in [3.63, 3.8) is 0 Å². The van der Waals surface area contributed by atoms with Crippen LogP contribution in [-0.4, -0.2) is 31.6 Å². The van der Waals surface area contributed by atoms with Crippen LogP contribution in [0.15, 0.2) is 35.2 Å². The average molecular weight is 251 g/mol. The van der Waals surface area contributed by atoms with Gasteiger partial charge in [0.05, 0.1) is 6.61 Å². The van der Waals surface area contributed by atoms with Gasteiger partial charge in [0.25, 0.3) is 0 Å². The minimum Gasteiger partial charge on any atom is -0.381 e. The third-order valence-corrected chi connectivity index (χ3v) is 4.30. The molecule has 1 heterocycles. The van der Waals surface area contributed by atoms with E-state index < -0.39 is 0 Å². The summed E-state index contributed by atoms with van der Waals surface area (Å²) in [5.41, 5.74) is 0. The molecular formula is C14H21NOS. The van der Waals surface area contributed by atoms with Gasteiger partial charge in [0.15, 0.2) is 0 Å². The van der Waals surface area contributed by atoms with Crippen molar-refractivity contribution in [2.24, 2.45) is 5.92 Å². The number of hydrogen-bond donors (Lipinski definition) is 1. The molecule has 0 bridgehead atoms. The zero-order valence-corrected chi connectivity index (χ0v) is 11.2. The molecule has 2 unspecified atom stereocenters. The van der Waals surface area contributed by atoms with Crippen molar-refractivity contribution in [3.05, 3.63) is 30.3 Å². The van der Waals surface area contributed by atoms with Crippen LogP contribution in [0.1, 0.15) is 13.3 Å². The van der Waals surface area contributed by atoms with Gasteiger partial charge in [0, 0.05) is 29.2 Å². The van der Waals surface area contributed by atoms with E-state index in [0.29, 0.717) is 12.0 Å². The molecule has 1 N–H and O–H groups in total. The van der Waals surface area contributed by atoms with Crippen LogP contribution in [0.2, 0.25) is 0 Å². The van der Waals surface area contributed by atoms with Gasteiger partial charge in [0.2, 0.25) is 0 Å². The molecule has 2 nitrogen and oxygen atoms in total. The molecule has 2 rings (SSSR count). The second kappa shape index (κ2) is 7.04. The van der Waals surface area contributed by atoms with Crippen LogP contribution in [0.4, 0.5) is 0 Å². The van der Waals surface area contributed by atoms with Crippen LogP contribution in [0, 0.1) is 5.92 Å². The molecule has 0 saturated carbocycles. The average Bonchev–Trinajstić information content (AvgIpc) is 2.89. The van der Waals surface area contributed by atoms with E-state index in [1.165, 1.54) is 11.3 Å². The Labute approximate surface area is 108 Å². The van der Waals surface area contributed by atoms with Gasteiger partial charge in [-0.3, -0.25) is 0 Å². The third kappa shape index (κ3) is 4.02. The third-order valence-electron chi connectivity index (χ3n) is 3.17. The fourth-order valence-electron chi connectivity index (χ4n) is 2.20. The first kappa shape index (κ1) is 12.9. The Morgan fingerprint density at radius 3 is 2.88 bits per heavy atom. The second-order valence-corrected chi connectivity index (χ2v) is 5.51. The van der Waals surface area contributed by atoms with Crippen molar-refractivity contribution in [3.8, 4) is 0 Å². The molecule has 0 amide bonds. The Bertz CT molecular complexity index is 311. The first-order chi connectivity index (χ1) is 8.40. The summed E-state index contributed by atoms with van der Waals surface area (Å²) >= 11 is 1.94. The molecule has 0 spiro atoms. The lowest BCUT2D eigenvalue weighted by Crippen LogP contribution is -2.38. The Morgan fingerprint density at radius 1 is 1.41 bits per heavy atom. The van der Waals surface area contributed by atoms with Gasteiger partial charge in [0.1, 0.15) is 0 Å². The standard InChI is InChI=1S/C14H21NOS/c1-2-15-14(12-8-9-16-10-12)11-17-13-6-4-3-5-7-13/h3-7,12,14-15H,2,8-11H2,1H3. The minimum absolute atomic E-state index is 0.577. The quantitative estimate of drug-likeness (QED) is 0.786. The van der Waals surface area contributed by atoms with Crippen molar-refractivity contribution in [2.45, 2.75) is 24.3 Å². The maximum Gasteiger partial charge on any atom is 0.0510 e. The molecule has 94 valence electrons. The van der Waals surface area contributed by atoms with Crippen LogP contribution in [-0.2, 0) is 4.74 Å². The zero-order valence-electron chi connectivity index (χ0n) is 10.4. The van der Waals surface area contributed by atoms with E-state index in [-0.39, 0.29) is 0 Å². The normalized spacial score (nSPS) is 21.6. The maximum atomic E-state index is 5.49. The fourth-order valence-corrected chi connectivity index (χ4v) is 3.31. The molecule has 17 heavy (non-hydrogen) atoms. The molecule has 0 aliphatic carbocycles. The van der Waals surface area contributed by atoms with Crippen molar-refractivity contribution in [1.82, 2.24) is 5.32 Å². The summed E-state index contributed by atoms with van der Waals surface area (Å²) in [5, 5.41) is 3.59. The monoisotopic (exact) mass is 251 g/mol. The van der Waals surface area contributed by atoms with Gasteiger partial charge >= 0.3 is 0 Å². The summed E-state index contributed by atoms with van der Waals surface area (Å²) in [6.07, 6.45) is 1.20. The number of thioether (sulfide) groups is 1. The highest BCUT2D eigenvalue weighted by Gasteiger charge is 2.24. The predicted molar refractivity (Wildman–Crippen MR) is 73.6 cm³/mol. The zero-order chi connectivity index (χ0) is 11.9. The largest absolute Gasteiger partial charge is 0.381 e. The number of nitrogens with one attached hydrogen (secondary N) is 1. The second-order valence-electron chi connectivity index (χ2n) is 4.41. The number of ether oxygens (including phenoxy) is 1. The van der Waals surface area contributed by atoms with E-state index in [2.05, 4.69) is 42.6 Å². The number of hydrogen-bond acceptors (Lipinski definition) is 3. The highest BCUT2D eigenvalue weighted by molar-refractivity contribution is 7.99. The Morgan fingerprint density at radius 2 is 2.24 bits per heavy atom. The number of benzene rings is 1. The van der Waals surface area contributed by atoms with E-state index in [4.69, 9.17) is 4.74 Å². The van der Waals surface area contributed by atoms with Gasteiger partial charge in [-0.25, -0.2) is 0 Å². The van der Waals surface area contributed by atoms with Crippen LogP contribution in [0.3, 0.4) is 0 Å². The molecule has 0 aromatic heterocycles. The van der Waals surface area contributed by atoms with Crippen LogP contribution >= 0.6 is 11.8 Å². The Balaban J connectivity index is 1.84. The molecule has 1 aliphatic heterocycles. The van der Waals surface area contributed by atoms with Gasteiger partial charge in [-0.05, 0) is 25.1 Å². The molecule has 1 aromatic rings. The van der Waals surface area contributed by atoms with Crippen molar-refractivity contribution in [2.75, 3.05) is 25.5 Å². The van der Waals surface area contributed by atoms with E-state index in [9.17, 15) is 0 Å². The molecule has 0 radical (unpaired) electrons. The topological polar surface area (TPSA) is 21.3 Å². The SMILES string of the molecule is CCNC(CSc1ccccc1)C1CCOC1. The first-order valence-electron chi connectivity index (χ1n) is 6.39. The van der Waals surface area contributed by atoms with E-state index in [1.54, 1.807) is 0 Å². The van der Waals surface area contributed by atoms with Crippen LogP contribution < -0.4 is 5.32 Å². The van der Waals surface area contributed by atoms with Gasteiger partial charge in [-0.2, -0.15) is 0 Å². The number of rotatable bonds is 6. The lowest BCUT2D eigenvalue weighted by Gasteiger charge is -2.22. The molecule has 1 aromatic carbocycles. The molecule has 1 aliphatic rings. The first-order valence-corrected chi connectivity index (χ1v) is 7.37. The molecule has 2 atom stereocenters. The summed E-state index contributed by atoms with van der Waals surface area (Å²) in [4.78, 5) is 1.36. The molecular weight excluding hydrogens is 230 g/mol. The lowest BCUT2D eigenvalue weighted by atomic mass is 10.0. The van der Waals surface area contributed by atoms with Gasteiger partial charge < -0.3 is 10.1 Å². The summed E-state index contributed by atoms with van der Waals surface area (Å²) in [6, 6.07) is 11.2. The Hall–Kier alpha value is -0.510. The summed E-state index contributed by atoms with van der Waals surface area (Å²) in [7, 11) is 0. The molecule has 3 heteroatoms. The van der Waals surface area contributed by atoms with E-state index in [1.807, 2.05) is 11.8 Å². The smallest absolute Gasteiger partial charge is 0.0510 e. The lowest BCUT2D eigenvalue weighted by molar-refractivity contribution is 0.179. The van der Waals surface area contributed by atoms with E-state index in [0.717, 1.165) is 25.5 Å². The van der Waals surface area contributed by atoms with Gasteiger partial charge in [-0.15, -0.1) is 11.8 Å².